The van der Waals surface area contributed by atoms with Crippen molar-refractivity contribution >= 4 is 21.8 Å². The second-order valence-corrected chi connectivity index (χ2v) is 7.84. The number of piperidine rings is 1. The van der Waals surface area contributed by atoms with E-state index in [-0.39, 0.29) is 17.7 Å². The topological polar surface area (TPSA) is 28.4 Å². The number of nitrogens with zero attached hydrogens (tertiary/aromatic N) is 2. The molecule has 2 atom stereocenters. The number of halogens is 2. The third kappa shape index (κ3) is 3.30. The fourth-order valence-electron chi connectivity index (χ4n) is 4.63. The van der Waals surface area contributed by atoms with Gasteiger partial charge >= 0.3 is 0 Å². The van der Waals surface area contributed by atoms with Gasteiger partial charge in [0.05, 0.1) is 12.1 Å². The van der Waals surface area contributed by atoms with Crippen LogP contribution in [0.5, 0.6) is 0 Å². The third-order valence-electron chi connectivity index (χ3n) is 5.94. The van der Waals surface area contributed by atoms with Crippen LogP contribution in [0.15, 0.2) is 66.7 Å². The maximum Gasteiger partial charge on any atom is 0.123 e. The number of rotatable bonds is 3. The summed E-state index contributed by atoms with van der Waals surface area (Å²) in [6.07, 6.45) is 0.197. The molecule has 2 heterocycles. The number of hydrogen-bond acceptors (Lipinski definition) is 2. The van der Waals surface area contributed by atoms with Crippen LogP contribution in [-0.2, 0) is 6.54 Å². The molecule has 5 rings (SSSR count). The average Bonchev–Trinajstić information content (AvgIpc) is 3.02. The second kappa shape index (κ2) is 7.25. The highest BCUT2D eigenvalue weighted by Crippen LogP contribution is 2.36. The molecule has 1 aromatic heterocycles. The zero-order valence-corrected chi connectivity index (χ0v) is 15.9. The van der Waals surface area contributed by atoms with E-state index in [1.165, 1.54) is 29.8 Å². The number of likely N-dealkylation sites (tertiary alicyclic amines) is 1. The highest BCUT2D eigenvalue weighted by atomic mass is 19.1. The number of fused-ring (bicyclic) bond motifs is 3. The van der Waals surface area contributed by atoms with Crippen LogP contribution in [0.2, 0.25) is 0 Å². The molecule has 0 saturated carbocycles. The minimum absolute atomic E-state index is 0.141. The van der Waals surface area contributed by atoms with E-state index in [9.17, 15) is 13.9 Å². The zero-order valence-electron chi connectivity index (χ0n) is 15.9. The van der Waals surface area contributed by atoms with Crippen molar-refractivity contribution in [2.45, 2.75) is 25.1 Å². The Balaban J connectivity index is 1.51. The Morgan fingerprint density at radius 3 is 2.07 bits per heavy atom. The number of β-amino-alcohol motifs (C(OH)–C–C–N with tert-alkyl or cyclic N) is 1. The van der Waals surface area contributed by atoms with Crippen LogP contribution in [-0.4, -0.2) is 33.8 Å². The van der Waals surface area contributed by atoms with Crippen molar-refractivity contribution in [2.24, 2.45) is 0 Å². The van der Waals surface area contributed by atoms with Crippen LogP contribution >= 0.6 is 0 Å². The minimum atomic E-state index is -0.568. The van der Waals surface area contributed by atoms with Crippen molar-refractivity contribution in [3.8, 4) is 0 Å². The molecular weight excluding hydrogens is 370 g/mol. The number of aliphatic hydroxyl groups excluding tert-OH is 1. The molecule has 3 nitrogen and oxygen atoms in total. The van der Waals surface area contributed by atoms with Gasteiger partial charge in [-0.05, 0) is 48.4 Å². The van der Waals surface area contributed by atoms with Crippen molar-refractivity contribution in [2.75, 3.05) is 13.1 Å². The Bertz CT molecular complexity index is 1110. The highest BCUT2D eigenvalue weighted by molar-refractivity contribution is 6.08. The lowest BCUT2D eigenvalue weighted by Crippen LogP contribution is -2.44. The lowest BCUT2D eigenvalue weighted by molar-refractivity contribution is 0.0269. The molecule has 1 N–H and O–H groups in total. The maximum atomic E-state index is 13.9. The molecule has 1 saturated heterocycles. The SMILES string of the molecule is O[C@@H]1CN(Cc2ccccc2)CC[C@H]1n1c2ccc(F)cc2c2cc(F)ccc21. The van der Waals surface area contributed by atoms with Crippen molar-refractivity contribution in [3.05, 3.63) is 83.9 Å². The summed E-state index contributed by atoms with van der Waals surface area (Å²) in [5.74, 6) is -0.696. The predicted molar refractivity (Wildman–Crippen MR) is 111 cm³/mol. The zero-order chi connectivity index (χ0) is 20.0. The van der Waals surface area contributed by atoms with Crippen LogP contribution < -0.4 is 0 Å². The first kappa shape index (κ1) is 18.3. The van der Waals surface area contributed by atoms with Gasteiger partial charge in [-0.1, -0.05) is 30.3 Å². The van der Waals surface area contributed by atoms with E-state index < -0.39 is 6.10 Å². The van der Waals surface area contributed by atoms with Gasteiger partial charge in [0, 0.05) is 41.4 Å². The fraction of sp³-hybridized carbons (Fsp3) is 0.250. The molecule has 0 aliphatic carbocycles. The summed E-state index contributed by atoms with van der Waals surface area (Å²) in [7, 11) is 0. The molecule has 1 fully saturated rings. The number of hydrogen-bond donors (Lipinski definition) is 1. The van der Waals surface area contributed by atoms with Crippen molar-refractivity contribution in [3.63, 3.8) is 0 Å². The van der Waals surface area contributed by atoms with Crippen LogP contribution in [0.3, 0.4) is 0 Å². The van der Waals surface area contributed by atoms with E-state index in [0.717, 1.165) is 30.5 Å². The first-order chi connectivity index (χ1) is 14.1. The van der Waals surface area contributed by atoms with E-state index in [2.05, 4.69) is 21.6 Å². The molecule has 0 unspecified atom stereocenters. The van der Waals surface area contributed by atoms with Gasteiger partial charge in [-0.2, -0.15) is 0 Å². The molecule has 0 spiro atoms. The largest absolute Gasteiger partial charge is 0.390 e. The molecule has 0 bridgehead atoms. The van der Waals surface area contributed by atoms with Gasteiger partial charge in [-0.25, -0.2) is 8.78 Å². The van der Waals surface area contributed by atoms with Gasteiger partial charge < -0.3 is 9.67 Å². The van der Waals surface area contributed by atoms with Crippen molar-refractivity contribution in [1.29, 1.82) is 0 Å². The summed E-state index contributed by atoms with van der Waals surface area (Å²) in [5.41, 5.74) is 2.88. The molecule has 3 aromatic carbocycles. The number of aromatic nitrogens is 1. The van der Waals surface area contributed by atoms with Gasteiger partial charge in [-0.3, -0.25) is 4.90 Å². The maximum absolute atomic E-state index is 13.9. The summed E-state index contributed by atoms with van der Waals surface area (Å²) in [5, 5.41) is 12.4. The monoisotopic (exact) mass is 392 g/mol. The summed E-state index contributed by atoms with van der Waals surface area (Å²) in [4.78, 5) is 2.25. The fourth-order valence-corrected chi connectivity index (χ4v) is 4.63. The first-order valence-electron chi connectivity index (χ1n) is 9.93. The molecule has 0 amide bonds. The van der Waals surface area contributed by atoms with Crippen LogP contribution in [0.1, 0.15) is 18.0 Å². The van der Waals surface area contributed by atoms with Crippen LogP contribution in [0.4, 0.5) is 8.78 Å². The molecule has 1 aliphatic heterocycles. The molecule has 4 aromatic rings. The van der Waals surface area contributed by atoms with Gasteiger partial charge in [-0.15, -0.1) is 0 Å². The Hall–Kier alpha value is -2.76. The lowest BCUT2D eigenvalue weighted by atomic mass is 10.0. The van der Waals surface area contributed by atoms with Crippen LogP contribution in [0, 0.1) is 11.6 Å². The van der Waals surface area contributed by atoms with Crippen molar-refractivity contribution < 1.29 is 13.9 Å². The van der Waals surface area contributed by atoms with E-state index in [1.54, 1.807) is 12.1 Å². The van der Waals surface area contributed by atoms with Gasteiger partial charge in [0.25, 0.3) is 0 Å². The van der Waals surface area contributed by atoms with E-state index >= 15 is 0 Å². The molecule has 148 valence electrons. The van der Waals surface area contributed by atoms with E-state index in [1.807, 2.05) is 18.2 Å². The predicted octanol–water partition coefficient (Wildman–Crippen LogP) is 4.88. The first-order valence-corrected chi connectivity index (χ1v) is 9.93. The normalized spacial score (nSPS) is 20.5. The summed E-state index contributed by atoms with van der Waals surface area (Å²) in [6, 6.07) is 19.3. The van der Waals surface area contributed by atoms with Crippen molar-refractivity contribution in [1.82, 2.24) is 9.47 Å². The summed E-state index contributed by atoms with van der Waals surface area (Å²) < 4.78 is 29.8. The molecular formula is C24H22F2N2O. The smallest absolute Gasteiger partial charge is 0.123 e. The quantitative estimate of drug-likeness (QED) is 0.538. The summed E-state index contributed by atoms with van der Waals surface area (Å²) in [6.45, 7) is 2.21. The Kier molecular flexibility index (Phi) is 4.57. The Morgan fingerprint density at radius 1 is 0.862 bits per heavy atom. The number of benzene rings is 3. The Labute approximate surface area is 167 Å². The highest BCUT2D eigenvalue weighted by Gasteiger charge is 2.31. The third-order valence-corrected chi connectivity index (χ3v) is 5.94. The standard InChI is InChI=1S/C24H22F2N2O/c25-17-6-8-21-19(12-17)20-13-18(26)7-9-22(20)28(21)23-10-11-27(15-24(23)29)14-16-4-2-1-3-5-16/h1-9,12-13,23-24,29H,10-11,14-15H2/t23-,24-/m1/s1. The van der Waals surface area contributed by atoms with Gasteiger partial charge in [0.15, 0.2) is 0 Å². The second-order valence-electron chi connectivity index (χ2n) is 7.84. The molecule has 5 heteroatoms. The average molecular weight is 392 g/mol. The number of aliphatic hydroxyl groups is 1. The van der Waals surface area contributed by atoms with E-state index in [0.29, 0.717) is 17.3 Å². The van der Waals surface area contributed by atoms with Gasteiger partial charge in [0.2, 0.25) is 0 Å². The van der Waals surface area contributed by atoms with E-state index in [4.69, 9.17) is 0 Å². The van der Waals surface area contributed by atoms with Gasteiger partial charge in [0.1, 0.15) is 11.6 Å². The molecule has 1 aliphatic rings. The lowest BCUT2D eigenvalue weighted by Gasteiger charge is -2.37. The summed E-state index contributed by atoms with van der Waals surface area (Å²) >= 11 is 0. The Morgan fingerprint density at radius 2 is 1.48 bits per heavy atom. The minimum Gasteiger partial charge on any atom is -0.390 e. The molecule has 29 heavy (non-hydrogen) atoms. The van der Waals surface area contributed by atoms with Crippen LogP contribution in [0.25, 0.3) is 21.8 Å². The molecule has 0 radical (unpaired) electrons.